The minimum absolute atomic E-state index is 0.395. The van der Waals surface area contributed by atoms with Gasteiger partial charge in [0.2, 0.25) is 10.0 Å². The third-order valence-electron chi connectivity index (χ3n) is 5.12. The van der Waals surface area contributed by atoms with E-state index in [0.29, 0.717) is 18.0 Å². The van der Waals surface area contributed by atoms with Crippen LogP contribution in [0.4, 0.5) is 0 Å². The molecule has 0 saturated carbocycles. The molecule has 1 aliphatic rings. The average Bonchev–Trinajstić information content (AvgIpc) is 3.41. The second kappa shape index (κ2) is 9.06. The topological polar surface area (TPSA) is 53.5 Å². The molecule has 154 valence electrons. The lowest BCUT2D eigenvalue weighted by molar-refractivity contribution is 0.181. The van der Waals surface area contributed by atoms with Crippen LogP contribution in [0.2, 0.25) is 0 Å². The Bertz CT molecular complexity index is 1020. The van der Waals surface area contributed by atoms with Gasteiger partial charge in [0.25, 0.3) is 0 Å². The van der Waals surface area contributed by atoms with Crippen molar-refractivity contribution in [2.75, 3.05) is 26.2 Å². The Hall–Kier alpha value is -1.58. The summed E-state index contributed by atoms with van der Waals surface area (Å²) in [4.78, 5) is 8.61. The van der Waals surface area contributed by atoms with Gasteiger partial charge in [-0.25, -0.2) is 13.4 Å². The Labute approximate surface area is 180 Å². The summed E-state index contributed by atoms with van der Waals surface area (Å²) in [5.74, 6) is 0. The van der Waals surface area contributed by atoms with Crippen LogP contribution in [0.3, 0.4) is 0 Å². The van der Waals surface area contributed by atoms with Gasteiger partial charge in [0, 0.05) is 31.6 Å². The highest BCUT2D eigenvalue weighted by molar-refractivity contribution is 7.89. The van der Waals surface area contributed by atoms with E-state index in [1.54, 1.807) is 39.1 Å². The fourth-order valence-electron chi connectivity index (χ4n) is 3.51. The van der Waals surface area contributed by atoms with Gasteiger partial charge in [-0.3, -0.25) is 4.90 Å². The van der Waals surface area contributed by atoms with Gasteiger partial charge in [0.15, 0.2) is 0 Å². The standard InChI is InChI=1S/C21H25N3O2S3/c1-2-4-17-6-8-18(9-7-17)29(25,26)24-12-10-23(11-13-24)15-21-22-19(16-28-21)20-5-3-14-27-20/h3,5-9,14,16H,2,4,10-13,15H2,1H3. The Morgan fingerprint density at radius 2 is 1.79 bits per heavy atom. The molecule has 0 spiro atoms. The van der Waals surface area contributed by atoms with Gasteiger partial charge >= 0.3 is 0 Å². The summed E-state index contributed by atoms with van der Waals surface area (Å²) >= 11 is 3.37. The predicted molar refractivity (Wildman–Crippen MR) is 120 cm³/mol. The molecule has 2 aromatic heterocycles. The first-order valence-corrected chi connectivity index (χ1v) is 13.1. The molecule has 8 heteroatoms. The van der Waals surface area contributed by atoms with Crippen LogP contribution in [0.25, 0.3) is 10.6 Å². The van der Waals surface area contributed by atoms with E-state index < -0.39 is 10.0 Å². The normalized spacial score (nSPS) is 16.3. The zero-order valence-electron chi connectivity index (χ0n) is 16.5. The SMILES string of the molecule is CCCc1ccc(S(=O)(=O)N2CCN(Cc3nc(-c4cccs4)cs3)CC2)cc1. The van der Waals surface area contributed by atoms with Crippen LogP contribution >= 0.6 is 22.7 Å². The van der Waals surface area contributed by atoms with Gasteiger partial charge in [-0.05, 0) is 35.6 Å². The van der Waals surface area contributed by atoms with E-state index in [4.69, 9.17) is 4.98 Å². The number of rotatable bonds is 7. The Morgan fingerprint density at radius 3 is 2.45 bits per heavy atom. The van der Waals surface area contributed by atoms with Crippen molar-refractivity contribution in [1.82, 2.24) is 14.2 Å². The molecule has 1 aliphatic heterocycles. The molecule has 3 aromatic rings. The van der Waals surface area contributed by atoms with E-state index in [1.807, 2.05) is 18.2 Å². The van der Waals surface area contributed by atoms with Crippen LogP contribution in [-0.4, -0.2) is 48.8 Å². The second-order valence-corrected chi connectivity index (χ2v) is 11.0. The van der Waals surface area contributed by atoms with Crippen molar-refractivity contribution < 1.29 is 8.42 Å². The molecule has 0 bridgehead atoms. The molecular weight excluding hydrogens is 422 g/mol. The summed E-state index contributed by atoms with van der Waals surface area (Å²) in [6.07, 6.45) is 2.03. The number of aromatic nitrogens is 1. The van der Waals surface area contributed by atoms with E-state index in [9.17, 15) is 8.42 Å². The first-order valence-electron chi connectivity index (χ1n) is 9.86. The van der Waals surface area contributed by atoms with Crippen molar-refractivity contribution >= 4 is 32.7 Å². The number of hydrogen-bond acceptors (Lipinski definition) is 6. The predicted octanol–water partition coefficient (Wildman–Crippen LogP) is 4.33. The maximum atomic E-state index is 13.0. The second-order valence-electron chi connectivity index (χ2n) is 7.18. The molecule has 3 heterocycles. The summed E-state index contributed by atoms with van der Waals surface area (Å²) in [6, 6.07) is 11.5. The molecule has 1 saturated heterocycles. The van der Waals surface area contributed by atoms with Gasteiger partial charge in [-0.2, -0.15) is 4.31 Å². The van der Waals surface area contributed by atoms with Gasteiger partial charge < -0.3 is 0 Å². The third kappa shape index (κ3) is 4.78. The smallest absolute Gasteiger partial charge is 0.243 e. The molecule has 0 amide bonds. The number of hydrogen-bond donors (Lipinski definition) is 0. The first kappa shape index (κ1) is 20.7. The van der Waals surface area contributed by atoms with E-state index in [1.165, 1.54) is 10.4 Å². The van der Waals surface area contributed by atoms with Crippen LogP contribution in [0.15, 0.2) is 52.1 Å². The number of piperazine rings is 1. The van der Waals surface area contributed by atoms with E-state index >= 15 is 0 Å². The molecule has 0 unspecified atom stereocenters. The van der Waals surface area contributed by atoms with Crippen LogP contribution in [0, 0.1) is 0 Å². The van der Waals surface area contributed by atoms with Crippen LogP contribution in [0.1, 0.15) is 23.9 Å². The number of aryl methyl sites for hydroxylation is 1. The number of nitrogens with zero attached hydrogens (tertiary/aromatic N) is 3. The van der Waals surface area contributed by atoms with E-state index in [-0.39, 0.29) is 0 Å². The fourth-order valence-corrected chi connectivity index (χ4v) is 6.52. The lowest BCUT2D eigenvalue weighted by atomic mass is 10.1. The molecule has 29 heavy (non-hydrogen) atoms. The third-order valence-corrected chi connectivity index (χ3v) is 8.75. The van der Waals surface area contributed by atoms with E-state index in [2.05, 4.69) is 28.7 Å². The highest BCUT2D eigenvalue weighted by atomic mass is 32.2. The maximum Gasteiger partial charge on any atom is 0.243 e. The number of sulfonamides is 1. The fraction of sp³-hybridized carbons (Fsp3) is 0.381. The molecule has 4 rings (SSSR count). The molecular formula is C21H25N3O2S3. The van der Waals surface area contributed by atoms with Gasteiger partial charge in [0.1, 0.15) is 5.01 Å². The zero-order valence-corrected chi connectivity index (χ0v) is 18.9. The lowest BCUT2D eigenvalue weighted by Crippen LogP contribution is -2.48. The van der Waals surface area contributed by atoms with Gasteiger partial charge in [-0.1, -0.05) is 31.5 Å². The van der Waals surface area contributed by atoms with E-state index in [0.717, 1.165) is 43.2 Å². The highest BCUT2D eigenvalue weighted by Crippen LogP contribution is 2.27. The molecule has 0 atom stereocenters. The minimum Gasteiger partial charge on any atom is -0.294 e. The largest absolute Gasteiger partial charge is 0.294 e. The van der Waals surface area contributed by atoms with Crippen LogP contribution in [-0.2, 0) is 23.0 Å². The number of thiophene rings is 1. The van der Waals surface area contributed by atoms with Gasteiger partial charge in [0.05, 0.1) is 22.0 Å². The van der Waals surface area contributed by atoms with Crippen molar-refractivity contribution in [3.63, 3.8) is 0 Å². The average molecular weight is 448 g/mol. The number of benzene rings is 1. The Kier molecular flexibility index (Phi) is 6.46. The molecule has 1 fully saturated rings. The quantitative estimate of drug-likeness (QED) is 0.541. The van der Waals surface area contributed by atoms with Crippen molar-refractivity contribution in [3.05, 3.63) is 57.7 Å². The van der Waals surface area contributed by atoms with Crippen molar-refractivity contribution in [2.45, 2.75) is 31.2 Å². The Morgan fingerprint density at radius 1 is 1.03 bits per heavy atom. The van der Waals surface area contributed by atoms with Crippen molar-refractivity contribution in [1.29, 1.82) is 0 Å². The first-order chi connectivity index (χ1) is 14.1. The summed E-state index contributed by atoms with van der Waals surface area (Å²) in [6.45, 7) is 5.38. The summed E-state index contributed by atoms with van der Waals surface area (Å²) in [5, 5.41) is 5.24. The monoisotopic (exact) mass is 447 g/mol. The minimum atomic E-state index is -3.42. The maximum absolute atomic E-state index is 13.0. The summed E-state index contributed by atoms with van der Waals surface area (Å²) < 4.78 is 27.5. The van der Waals surface area contributed by atoms with Crippen molar-refractivity contribution in [2.24, 2.45) is 0 Å². The molecule has 5 nitrogen and oxygen atoms in total. The highest BCUT2D eigenvalue weighted by Gasteiger charge is 2.28. The van der Waals surface area contributed by atoms with Crippen molar-refractivity contribution in [3.8, 4) is 10.6 Å². The number of thiazole rings is 1. The zero-order chi connectivity index (χ0) is 20.3. The molecule has 0 aliphatic carbocycles. The van der Waals surface area contributed by atoms with Crippen LogP contribution < -0.4 is 0 Å². The van der Waals surface area contributed by atoms with Crippen LogP contribution in [0.5, 0.6) is 0 Å². The summed E-state index contributed by atoms with van der Waals surface area (Å²) in [5.41, 5.74) is 2.22. The van der Waals surface area contributed by atoms with Gasteiger partial charge in [-0.15, -0.1) is 22.7 Å². The summed E-state index contributed by atoms with van der Waals surface area (Å²) in [7, 11) is -3.42. The lowest BCUT2D eigenvalue weighted by Gasteiger charge is -2.33. The molecule has 0 radical (unpaired) electrons. The molecule has 0 N–H and O–H groups in total. The Balaban J connectivity index is 1.35. The molecule has 1 aromatic carbocycles.